The third-order valence-electron chi connectivity index (χ3n) is 5.44. The summed E-state index contributed by atoms with van der Waals surface area (Å²) >= 11 is 0. The van der Waals surface area contributed by atoms with Crippen molar-refractivity contribution in [1.82, 2.24) is 4.90 Å². The highest BCUT2D eigenvalue weighted by Gasteiger charge is 2.19. The second-order valence-electron chi connectivity index (χ2n) is 7.89. The summed E-state index contributed by atoms with van der Waals surface area (Å²) in [4.78, 5) is 2.30. The molecule has 1 fully saturated rings. The van der Waals surface area contributed by atoms with Crippen LogP contribution in [0.4, 0.5) is 0 Å². The van der Waals surface area contributed by atoms with Crippen LogP contribution in [0.25, 0.3) is 0 Å². The van der Waals surface area contributed by atoms with E-state index in [-0.39, 0.29) is 0 Å². The quantitative estimate of drug-likeness (QED) is 0.430. The Balaban J connectivity index is 1.66. The molecular formula is C24H33NO7S. The molecule has 0 amide bonds. The van der Waals surface area contributed by atoms with E-state index in [1.807, 2.05) is 42.5 Å². The van der Waals surface area contributed by atoms with Crippen molar-refractivity contribution in [2.24, 2.45) is 0 Å². The Kier molecular flexibility index (Phi) is 9.37. The fourth-order valence-electron chi connectivity index (χ4n) is 3.74. The van der Waals surface area contributed by atoms with Crippen molar-refractivity contribution in [3.05, 3.63) is 53.6 Å². The van der Waals surface area contributed by atoms with Gasteiger partial charge in [0.2, 0.25) is 0 Å². The van der Waals surface area contributed by atoms with Crippen LogP contribution in [0.15, 0.2) is 42.5 Å². The van der Waals surface area contributed by atoms with E-state index in [1.54, 1.807) is 14.2 Å². The lowest BCUT2D eigenvalue weighted by Gasteiger charge is -2.26. The van der Waals surface area contributed by atoms with Crippen LogP contribution in [0.1, 0.15) is 23.7 Å². The van der Waals surface area contributed by atoms with E-state index >= 15 is 0 Å². The van der Waals surface area contributed by atoms with Crippen LogP contribution in [0, 0.1) is 0 Å². The van der Waals surface area contributed by atoms with E-state index in [2.05, 4.69) is 4.90 Å². The number of hydrogen-bond acceptors (Lipinski definition) is 8. The zero-order valence-electron chi connectivity index (χ0n) is 19.5. The largest absolute Gasteiger partial charge is 0.493 e. The summed E-state index contributed by atoms with van der Waals surface area (Å²) in [6.07, 6.45) is 1.51. The van der Waals surface area contributed by atoms with E-state index in [0.29, 0.717) is 36.7 Å². The van der Waals surface area contributed by atoms with Crippen LogP contribution < -0.4 is 14.2 Å². The van der Waals surface area contributed by atoms with Gasteiger partial charge in [0.25, 0.3) is 10.1 Å². The molecule has 2 aromatic rings. The molecule has 1 aliphatic heterocycles. The number of nitrogens with zero attached hydrogens (tertiary/aromatic N) is 1. The summed E-state index contributed by atoms with van der Waals surface area (Å²) in [5.74, 6) is 1.97. The summed E-state index contributed by atoms with van der Waals surface area (Å²) in [5.41, 5.74) is 1.75. The highest BCUT2D eigenvalue weighted by Crippen LogP contribution is 2.31. The molecule has 1 aliphatic rings. The van der Waals surface area contributed by atoms with Crippen LogP contribution in [0.2, 0.25) is 0 Å². The molecule has 2 aromatic carbocycles. The van der Waals surface area contributed by atoms with Gasteiger partial charge in [-0.2, -0.15) is 8.42 Å². The molecule has 9 heteroatoms. The lowest BCUT2D eigenvalue weighted by molar-refractivity contribution is 0.0322. The summed E-state index contributed by atoms with van der Waals surface area (Å²) < 4.78 is 51.3. The van der Waals surface area contributed by atoms with Gasteiger partial charge >= 0.3 is 0 Å². The summed E-state index contributed by atoms with van der Waals surface area (Å²) in [6, 6.07) is 13.1. The van der Waals surface area contributed by atoms with Crippen LogP contribution in [-0.4, -0.2) is 73.2 Å². The maximum absolute atomic E-state index is 11.9. The lowest BCUT2D eigenvalue weighted by Crippen LogP contribution is -2.38. The number of methoxy groups -OCH3 is 2. The lowest BCUT2D eigenvalue weighted by atomic mass is 10.0. The maximum atomic E-state index is 11.9. The van der Waals surface area contributed by atoms with E-state index < -0.39 is 16.2 Å². The second kappa shape index (κ2) is 12.2. The molecule has 0 spiro atoms. The van der Waals surface area contributed by atoms with Gasteiger partial charge in [-0.25, -0.2) is 0 Å². The zero-order valence-corrected chi connectivity index (χ0v) is 20.3. The predicted octanol–water partition coefficient (Wildman–Crippen LogP) is 3.06. The first-order chi connectivity index (χ1) is 15.9. The third-order valence-corrected chi connectivity index (χ3v) is 6.03. The molecule has 0 bridgehead atoms. The summed E-state index contributed by atoms with van der Waals surface area (Å²) in [7, 11) is -0.476. The van der Waals surface area contributed by atoms with Crippen LogP contribution in [0.3, 0.4) is 0 Å². The standard InChI is InChI=1S/C24H33NO7S/c1-28-23-10-8-19(17-24(23)29-2)7-9-22(32-33(3,26)27)20-5-4-6-21(18-20)31-16-13-25-11-14-30-15-12-25/h4-6,8,10,17-18,22H,7,9,11-16H2,1-3H3/t22-/m0/s1. The summed E-state index contributed by atoms with van der Waals surface area (Å²) in [5, 5.41) is 0. The van der Waals surface area contributed by atoms with Gasteiger partial charge in [0.05, 0.1) is 33.7 Å². The van der Waals surface area contributed by atoms with Crippen molar-refractivity contribution in [2.45, 2.75) is 18.9 Å². The van der Waals surface area contributed by atoms with E-state index in [0.717, 1.165) is 50.2 Å². The molecule has 0 unspecified atom stereocenters. The molecular weight excluding hydrogens is 446 g/mol. The highest BCUT2D eigenvalue weighted by molar-refractivity contribution is 7.86. The molecule has 8 nitrogen and oxygen atoms in total. The molecule has 1 atom stereocenters. The van der Waals surface area contributed by atoms with Crippen molar-refractivity contribution < 1.29 is 31.5 Å². The van der Waals surface area contributed by atoms with Gasteiger partial charge in [0, 0.05) is 19.6 Å². The molecule has 0 aliphatic carbocycles. The first-order valence-corrected chi connectivity index (χ1v) is 12.8. The van der Waals surface area contributed by atoms with Gasteiger partial charge < -0.3 is 18.9 Å². The topological polar surface area (TPSA) is 83.5 Å². The maximum Gasteiger partial charge on any atom is 0.264 e. The Hall–Kier alpha value is -2.33. The number of morpholine rings is 1. The molecule has 33 heavy (non-hydrogen) atoms. The Bertz CT molecular complexity index is 990. The molecule has 1 heterocycles. The Morgan fingerprint density at radius 1 is 1.03 bits per heavy atom. The van der Waals surface area contributed by atoms with Crippen molar-refractivity contribution in [2.75, 3.05) is 59.9 Å². The highest BCUT2D eigenvalue weighted by atomic mass is 32.2. The Labute approximate surface area is 196 Å². The van der Waals surface area contributed by atoms with Crippen molar-refractivity contribution in [3.8, 4) is 17.2 Å². The number of hydrogen-bond donors (Lipinski definition) is 0. The monoisotopic (exact) mass is 479 g/mol. The van der Waals surface area contributed by atoms with Crippen molar-refractivity contribution in [3.63, 3.8) is 0 Å². The molecule has 0 radical (unpaired) electrons. The average molecular weight is 480 g/mol. The van der Waals surface area contributed by atoms with Crippen LogP contribution in [-0.2, 0) is 25.5 Å². The van der Waals surface area contributed by atoms with E-state index in [1.165, 1.54) is 0 Å². The number of aryl methyl sites for hydroxylation is 1. The number of benzene rings is 2. The van der Waals surface area contributed by atoms with Gasteiger partial charge in [0.1, 0.15) is 18.5 Å². The smallest absolute Gasteiger partial charge is 0.264 e. The predicted molar refractivity (Wildman–Crippen MR) is 126 cm³/mol. The molecule has 1 saturated heterocycles. The van der Waals surface area contributed by atoms with Crippen LogP contribution in [0.5, 0.6) is 17.2 Å². The van der Waals surface area contributed by atoms with Crippen molar-refractivity contribution >= 4 is 10.1 Å². The van der Waals surface area contributed by atoms with Crippen molar-refractivity contribution in [1.29, 1.82) is 0 Å². The Morgan fingerprint density at radius 2 is 1.79 bits per heavy atom. The second-order valence-corrected chi connectivity index (χ2v) is 9.49. The zero-order chi connectivity index (χ0) is 23.7. The minimum absolute atomic E-state index is 0.472. The molecule has 3 rings (SSSR count). The minimum atomic E-state index is -3.65. The van der Waals surface area contributed by atoms with Gasteiger partial charge in [-0.1, -0.05) is 18.2 Å². The minimum Gasteiger partial charge on any atom is -0.493 e. The number of rotatable bonds is 12. The van der Waals surface area contributed by atoms with Gasteiger partial charge in [-0.15, -0.1) is 0 Å². The molecule has 0 saturated carbocycles. The summed E-state index contributed by atoms with van der Waals surface area (Å²) in [6.45, 7) is 4.68. The third kappa shape index (κ3) is 8.19. The normalized spacial score (nSPS) is 15.7. The SMILES string of the molecule is COc1ccc(CC[C@H](OS(C)(=O)=O)c2cccc(OCCN3CCOCC3)c2)cc1OC. The Morgan fingerprint density at radius 3 is 2.48 bits per heavy atom. The first-order valence-electron chi connectivity index (χ1n) is 11.0. The molecule has 182 valence electrons. The fraction of sp³-hybridized carbons (Fsp3) is 0.500. The van der Waals surface area contributed by atoms with E-state index in [9.17, 15) is 8.42 Å². The van der Waals surface area contributed by atoms with E-state index in [4.69, 9.17) is 23.1 Å². The average Bonchev–Trinajstić information content (AvgIpc) is 2.81. The van der Waals surface area contributed by atoms with Crippen LogP contribution >= 0.6 is 0 Å². The fourth-order valence-corrected chi connectivity index (χ4v) is 4.37. The van der Waals surface area contributed by atoms with Gasteiger partial charge in [-0.3, -0.25) is 9.08 Å². The first kappa shape index (κ1) is 25.3. The molecule has 0 aromatic heterocycles. The molecule has 0 N–H and O–H groups in total. The number of ether oxygens (including phenoxy) is 4. The van der Waals surface area contributed by atoms with Gasteiger partial charge in [0.15, 0.2) is 11.5 Å². The van der Waals surface area contributed by atoms with Gasteiger partial charge in [-0.05, 0) is 48.2 Å².